The predicted octanol–water partition coefficient (Wildman–Crippen LogP) is 7.00. The number of amides is 2. The fraction of sp³-hybridized carbons (Fsp3) is 0.0909. The summed E-state index contributed by atoms with van der Waals surface area (Å²) in [6.07, 6.45) is 6.87. The maximum atomic E-state index is 13.5. The Morgan fingerprint density at radius 2 is 1.79 bits per heavy atom. The van der Waals surface area contributed by atoms with Crippen LogP contribution in [0.4, 0.5) is 10.1 Å². The number of carbonyl (C=O) groups excluding carboxylic acids is 2. The number of furan rings is 1. The molecule has 2 heterocycles. The number of halogens is 1. The molecule has 0 atom stereocenters. The third kappa shape index (κ3) is 8.17. The minimum atomic E-state index is -0.408. The Hall–Kier alpha value is -5.22. The van der Waals surface area contributed by atoms with Crippen molar-refractivity contribution < 1.29 is 23.1 Å². The van der Waals surface area contributed by atoms with E-state index in [1.165, 1.54) is 40.9 Å². The standard InChI is InChI=1S/C33H27FN4O4S/c1-23(18-24-8-3-2-4-9-24)20-35-37-33-38(21-28-11-7-17-41-28)32(40)30(43-33)19-25-10-5-6-12-29(25)42-22-31(39)36-27-15-13-26(34)14-16-27/h2-20H,21-22H2,1H3,(H,36,39)/b23-18+,30-19-,35-20+,37-33-. The summed E-state index contributed by atoms with van der Waals surface area (Å²) in [7, 11) is 0. The molecule has 1 N–H and O–H groups in total. The molecule has 10 heteroatoms. The Kier molecular flexibility index (Phi) is 9.60. The van der Waals surface area contributed by atoms with Crippen LogP contribution in [0, 0.1) is 5.82 Å². The van der Waals surface area contributed by atoms with Crippen LogP contribution in [-0.2, 0) is 16.1 Å². The van der Waals surface area contributed by atoms with Crippen molar-refractivity contribution in [2.45, 2.75) is 13.5 Å². The number of anilines is 1. The van der Waals surface area contributed by atoms with Crippen molar-refractivity contribution >= 4 is 52.8 Å². The normalized spacial score (nSPS) is 15.5. The van der Waals surface area contributed by atoms with Gasteiger partial charge in [-0.1, -0.05) is 54.6 Å². The molecule has 3 aromatic carbocycles. The minimum Gasteiger partial charge on any atom is -0.483 e. The zero-order valence-corrected chi connectivity index (χ0v) is 24.0. The van der Waals surface area contributed by atoms with Gasteiger partial charge in [0, 0.05) is 11.3 Å². The monoisotopic (exact) mass is 594 g/mol. The number of carbonyl (C=O) groups is 2. The second-order valence-corrected chi connectivity index (χ2v) is 10.4. The number of allylic oxidation sites excluding steroid dienone is 1. The first-order chi connectivity index (χ1) is 20.9. The van der Waals surface area contributed by atoms with E-state index >= 15 is 0 Å². The number of hydrogen-bond donors (Lipinski definition) is 1. The molecule has 1 aliphatic heterocycles. The van der Waals surface area contributed by atoms with E-state index in [0.717, 1.165) is 11.1 Å². The Balaban J connectivity index is 1.33. The molecule has 1 aromatic heterocycles. The molecule has 1 aliphatic rings. The first-order valence-corrected chi connectivity index (χ1v) is 14.1. The van der Waals surface area contributed by atoms with Crippen molar-refractivity contribution in [2.24, 2.45) is 10.2 Å². The van der Waals surface area contributed by atoms with Gasteiger partial charge in [-0.05, 0) is 78.4 Å². The Labute approximate surface area is 252 Å². The summed E-state index contributed by atoms with van der Waals surface area (Å²) < 4.78 is 24.4. The smallest absolute Gasteiger partial charge is 0.267 e. The van der Waals surface area contributed by atoms with Crippen LogP contribution in [0.15, 0.2) is 122 Å². The van der Waals surface area contributed by atoms with E-state index in [0.29, 0.717) is 32.8 Å². The van der Waals surface area contributed by atoms with Crippen molar-refractivity contribution in [3.05, 3.63) is 130 Å². The highest BCUT2D eigenvalue weighted by Gasteiger charge is 2.34. The fourth-order valence-corrected chi connectivity index (χ4v) is 4.97. The maximum Gasteiger partial charge on any atom is 0.267 e. The Bertz CT molecular complexity index is 1700. The second-order valence-electron chi connectivity index (χ2n) is 9.39. The summed E-state index contributed by atoms with van der Waals surface area (Å²) in [5.41, 5.74) is 3.00. The van der Waals surface area contributed by atoms with Gasteiger partial charge in [0.05, 0.1) is 23.9 Å². The average Bonchev–Trinajstić information content (AvgIpc) is 3.63. The zero-order valence-electron chi connectivity index (χ0n) is 23.1. The number of nitrogens with zero attached hydrogens (tertiary/aromatic N) is 3. The Morgan fingerprint density at radius 3 is 2.56 bits per heavy atom. The molecule has 4 aromatic rings. The third-order valence-corrected chi connectivity index (χ3v) is 7.07. The van der Waals surface area contributed by atoms with Crippen LogP contribution in [0.5, 0.6) is 5.75 Å². The van der Waals surface area contributed by atoms with Crippen molar-refractivity contribution in [3.8, 4) is 5.75 Å². The van der Waals surface area contributed by atoms with E-state index in [-0.39, 0.29) is 19.1 Å². The van der Waals surface area contributed by atoms with Gasteiger partial charge in [0.1, 0.15) is 17.3 Å². The van der Waals surface area contributed by atoms with Gasteiger partial charge in [-0.25, -0.2) is 4.39 Å². The van der Waals surface area contributed by atoms with Gasteiger partial charge in [0.2, 0.25) is 0 Å². The molecule has 0 bridgehead atoms. The summed E-state index contributed by atoms with van der Waals surface area (Å²) >= 11 is 1.18. The third-order valence-electron chi connectivity index (χ3n) is 6.07. The van der Waals surface area contributed by atoms with Crippen molar-refractivity contribution in [1.82, 2.24) is 4.90 Å². The van der Waals surface area contributed by atoms with E-state index in [9.17, 15) is 14.0 Å². The molecule has 1 saturated heterocycles. The molecule has 0 radical (unpaired) electrons. The number of ether oxygens (including phenoxy) is 1. The van der Waals surface area contributed by atoms with Crippen LogP contribution in [0.25, 0.3) is 12.2 Å². The number of amidine groups is 1. The number of benzene rings is 3. The van der Waals surface area contributed by atoms with E-state index in [2.05, 4.69) is 15.5 Å². The minimum absolute atomic E-state index is 0.186. The van der Waals surface area contributed by atoms with Crippen LogP contribution in [0.2, 0.25) is 0 Å². The number of para-hydroxylation sites is 1. The number of nitrogens with one attached hydrogen (secondary N) is 1. The fourth-order valence-electron chi connectivity index (χ4n) is 4.05. The van der Waals surface area contributed by atoms with Gasteiger partial charge in [0.15, 0.2) is 11.8 Å². The molecule has 0 saturated carbocycles. The maximum absolute atomic E-state index is 13.5. The first-order valence-electron chi connectivity index (χ1n) is 13.3. The van der Waals surface area contributed by atoms with E-state index in [1.807, 2.05) is 49.4 Å². The van der Waals surface area contributed by atoms with E-state index in [4.69, 9.17) is 9.15 Å². The van der Waals surface area contributed by atoms with E-state index in [1.54, 1.807) is 48.9 Å². The van der Waals surface area contributed by atoms with Gasteiger partial charge in [-0.15, -0.1) is 5.10 Å². The van der Waals surface area contributed by atoms with Crippen LogP contribution >= 0.6 is 11.8 Å². The summed E-state index contributed by atoms with van der Waals surface area (Å²) in [5, 5.41) is 11.7. The molecule has 2 amide bonds. The van der Waals surface area contributed by atoms with Gasteiger partial charge in [0.25, 0.3) is 11.8 Å². The molecular formula is C33H27FN4O4S. The SMILES string of the molecule is CC(/C=N/N=C1\S/C(=C\c2ccccc2OCC(=O)Nc2ccc(F)cc2)C(=O)N1Cc1ccco1)=C\c1ccccc1. The molecule has 8 nitrogen and oxygen atoms in total. The first kappa shape index (κ1) is 29.3. The zero-order chi connectivity index (χ0) is 30.0. The molecule has 43 heavy (non-hydrogen) atoms. The van der Waals surface area contributed by atoms with Gasteiger partial charge < -0.3 is 14.5 Å². The summed E-state index contributed by atoms with van der Waals surface area (Å²) in [6.45, 7) is 1.83. The summed E-state index contributed by atoms with van der Waals surface area (Å²) in [4.78, 5) is 27.8. The van der Waals surface area contributed by atoms with Crippen molar-refractivity contribution in [1.29, 1.82) is 0 Å². The number of thioether (sulfide) groups is 1. The second kappa shape index (κ2) is 14.1. The Morgan fingerprint density at radius 1 is 1.02 bits per heavy atom. The topological polar surface area (TPSA) is 96.5 Å². The summed E-state index contributed by atoms with van der Waals surface area (Å²) in [5.74, 6) is -0.0545. The van der Waals surface area contributed by atoms with E-state index < -0.39 is 11.7 Å². The molecule has 5 rings (SSSR count). The molecule has 0 aliphatic carbocycles. The molecular weight excluding hydrogens is 567 g/mol. The van der Waals surface area contributed by atoms with Crippen LogP contribution in [0.1, 0.15) is 23.8 Å². The average molecular weight is 595 g/mol. The number of rotatable bonds is 10. The molecule has 0 spiro atoms. The van der Waals surface area contributed by atoms with Gasteiger partial charge in [-0.2, -0.15) is 5.10 Å². The largest absolute Gasteiger partial charge is 0.483 e. The lowest BCUT2D eigenvalue weighted by Crippen LogP contribution is -2.28. The lowest BCUT2D eigenvalue weighted by Gasteiger charge is -2.12. The van der Waals surface area contributed by atoms with Crippen LogP contribution in [-0.4, -0.2) is 34.7 Å². The molecule has 0 unspecified atom stereocenters. The number of hydrogen-bond acceptors (Lipinski definition) is 7. The lowest BCUT2D eigenvalue weighted by molar-refractivity contribution is -0.122. The van der Waals surface area contributed by atoms with Gasteiger partial charge >= 0.3 is 0 Å². The highest BCUT2D eigenvalue weighted by Crippen LogP contribution is 2.35. The summed E-state index contributed by atoms with van der Waals surface area (Å²) in [6, 6.07) is 25.9. The quantitative estimate of drug-likeness (QED) is 0.121. The highest BCUT2D eigenvalue weighted by atomic mass is 32.2. The lowest BCUT2D eigenvalue weighted by atomic mass is 10.1. The van der Waals surface area contributed by atoms with Crippen molar-refractivity contribution in [2.75, 3.05) is 11.9 Å². The van der Waals surface area contributed by atoms with Crippen molar-refractivity contribution in [3.63, 3.8) is 0 Å². The predicted molar refractivity (Wildman–Crippen MR) is 168 cm³/mol. The highest BCUT2D eigenvalue weighted by molar-refractivity contribution is 8.18. The van der Waals surface area contributed by atoms with Crippen LogP contribution in [0.3, 0.4) is 0 Å². The molecule has 1 fully saturated rings. The molecule has 216 valence electrons. The van der Waals surface area contributed by atoms with Crippen LogP contribution < -0.4 is 10.1 Å². The van der Waals surface area contributed by atoms with Gasteiger partial charge in [-0.3, -0.25) is 14.5 Å².